The summed E-state index contributed by atoms with van der Waals surface area (Å²) in [6, 6.07) is 12.6. The van der Waals surface area contributed by atoms with Crippen molar-refractivity contribution in [1.29, 1.82) is 0 Å². The Kier molecular flexibility index (Phi) is 5.09. The van der Waals surface area contributed by atoms with Gasteiger partial charge >= 0.3 is 0 Å². The fraction of sp³-hybridized carbons (Fsp3) is 0.304. The minimum atomic E-state index is -0.388. The first-order valence-electron chi connectivity index (χ1n) is 9.86. The molecule has 2 heterocycles. The van der Waals surface area contributed by atoms with E-state index < -0.39 is 0 Å². The third kappa shape index (κ3) is 3.62. The molecule has 0 aliphatic carbocycles. The first-order chi connectivity index (χ1) is 14.0. The van der Waals surface area contributed by atoms with Crippen molar-refractivity contribution in [2.24, 2.45) is 0 Å². The van der Waals surface area contributed by atoms with E-state index in [1.807, 2.05) is 18.7 Å². The van der Waals surface area contributed by atoms with E-state index in [1.54, 1.807) is 36.4 Å². The first kappa shape index (κ1) is 19.2. The number of carbonyl (C=O) groups is 2. The van der Waals surface area contributed by atoms with E-state index >= 15 is 0 Å². The molecule has 5 nitrogen and oxygen atoms in total. The van der Waals surface area contributed by atoms with Crippen LogP contribution in [-0.2, 0) is 9.59 Å². The van der Waals surface area contributed by atoms with Crippen molar-refractivity contribution in [2.75, 3.05) is 18.0 Å². The van der Waals surface area contributed by atoms with E-state index in [0.29, 0.717) is 28.3 Å². The van der Waals surface area contributed by atoms with E-state index in [2.05, 4.69) is 0 Å². The van der Waals surface area contributed by atoms with Gasteiger partial charge in [-0.05, 0) is 68.7 Å². The molecule has 4 rings (SSSR count). The molecular weight excluding hydrogens is 371 g/mol. The molecule has 2 aromatic rings. The zero-order valence-corrected chi connectivity index (χ0v) is 16.5. The van der Waals surface area contributed by atoms with Gasteiger partial charge in [-0.1, -0.05) is 12.1 Å². The van der Waals surface area contributed by atoms with Gasteiger partial charge in [0.05, 0.1) is 17.4 Å². The minimum absolute atomic E-state index is 0.0319. The van der Waals surface area contributed by atoms with E-state index in [9.17, 15) is 14.0 Å². The normalized spacial score (nSPS) is 17.1. The summed E-state index contributed by atoms with van der Waals surface area (Å²) in [5.41, 5.74) is 1.78. The number of amides is 2. The second-order valence-electron chi connectivity index (χ2n) is 7.53. The maximum absolute atomic E-state index is 13.4. The van der Waals surface area contributed by atoms with Crippen LogP contribution >= 0.6 is 0 Å². The summed E-state index contributed by atoms with van der Waals surface area (Å²) in [4.78, 5) is 29.8. The Morgan fingerprint density at radius 2 is 1.52 bits per heavy atom. The van der Waals surface area contributed by atoms with Gasteiger partial charge in [0.1, 0.15) is 17.3 Å². The maximum atomic E-state index is 13.4. The van der Waals surface area contributed by atoms with Crippen LogP contribution in [0.15, 0.2) is 54.2 Å². The zero-order chi connectivity index (χ0) is 20.5. The van der Waals surface area contributed by atoms with Gasteiger partial charge in [0, 0.05) is 13.1 Å². The number of hydrogen-bond donors (Lipinski definition) is 0. The lowest BCUT2D eigenvalue weighted by Crippen LogP contribution is -2.34. The Bertz CT molecular complexity index is 959. The molecule has 2 aromatic carbocycles. The Labute approximate surface area is 169 Å². The van der Waals surface area contributed by atoms with E-state index in [4.69, 9.17) is 4.74 Å². The predicted molar refractivity (Wildman–Crippen MR) is 109 cm³/mol. The minimum Gasteiger partial charge on any atom is -0.491 e. The molecule has 150 valence electrons. The smallest absolute Gasteiger partial charge is 0.282 e. The zero-order valence-electron chi connectivity index (χ0n) is 16.5. The molecule has 0 atom stereocenters. The molecule has 0 aromatic heterocycles. The molecule has 0 N–H and O–H groups in total. The van der Waals surface area contributed by atoms with Crippen LogP contribution < -0.4 is 9.64 Å². The van der Waals surface area contributed by atoms with Crippen LogP contribution in [-0.4, -0.2) is 35.9 Å². The number of hydrogen-bond acceptors (Lipinski definition) is 4. The average Bonchev–Trinajstić information content (AvgIpc) is 3.29. The number of carbonyl (C=O) groups excluding carboxylic acids is 2. The van der Waals surface area contributed by atoms with E-state index in [-0.39, 0.29) is 23.7 Å². The number of rotatable bonds is 5. The summed E-state index contributed by atoms with van der Waals surface area (Å²) < 4.78 is 19.1. The second-order valence-corrected chi connectivity index (χ2v) is 7.53. The van der Waals surface area contributed by atoms with Crippen molar-refractivity contribution in [2.45, 2.75) is 32.8 Å². The standard InChI is InChI=1S/C23H23FN2O3/c1-15(2)29-19-11-9-18(10-12-19)26-22(27)20(16-5-7-17(24)8-6-16)21(23(26)28)25-13-3-4-14-25/h5-12,15H,3-4,13-14H2,1-2H3. The largest absolute Gasteiger partial charge is 0.491 e. The fourth-order valence-electron chi connectivity index (χ4n) is 3.81. The molecule has 2 aliphatic heterocycles. The van der Waals surface area contributed by atoms with Crippen molar-refractivity contribution in [1.82, 2.24) is 4.90 Å². The van der Waals surface area contributed by atoms with Gasteiger partial charge in [0.25, 0.3) is 11.8 Å². The van der Waals surface area contributed by atoms with Crippen LogP contribution in [0.4, 0.5) is 10.1 Å². The van der Waals surface area contributed by atoms with Gasteiger partial charge in [-0.25, -0.2) is 9.29 Å². The number of nitrogens with zero attached hydrogens (tertiary/aromatic N) is 2. The highest BCUT2D eigenvalue weighted by atomic mass is 19.1. The molecule has 0 unspecified atom stereocenters. The van der Waals surface area contributed by atoms with Crippen molar-refractivity contribution >= 4 is 23.1 Å². The number of ether oxygens (including phenoxy) is 1. The summed E-state index contributed by atoms with van der Waals surface area (Å²) in [7, 11) is 0. The Morgan fingerprint density at radius 1 is 0.897 bits per heavy atom. The highest BCUT2D eigenvalue weighted by Gasteiger charge is 2.42. The summed E-state index contributed by atoms with van der Waals surface area (Å²) in [5.74, 6) is -0.435. The number of imide groups is 1. The molecular formula is C23H23FN2O3. The lowest BCUT2D eigenvalue weighted by Gasteiger charge is -2.20. The van der Waals surface area contributed by atoms with Crippen LogP contribution in [0.5, 0.6) is 5.75 Å². The molecule has 0 saturated carbocycles. The molecule has 0 bridgehead atoms. The SMILES string of the molecule is CC(C)Oc1ccc(N2C(=O)C(c3ccc(F)cc3)=C(N3CCCC3)C2=O)cc1. The predicted octanol–water partition coefficient (Wildman–Crippen LogP) is 3.99. The number of halogens is 1. The van der Waals surface area contributed by atoms with Crippen LogP contribution in [0.25, 0.3) is 5.57 Å². The van der Waals surface area contributed by atoms with E-state index in [0.717, 1.165) is 25.9 Å². The summed E-state index contributed by atoms with van der Waals surface area (Å²) in [6.45, 7) is 5.33. The summed E-state index contributed by atoms with van der Waals surface area (Å²) in [6.07, 6.45) is 1.98. The topological polar surface area (TPSA) is 49.9 Å². The van der Waals surface area contributed by atoms with Crippen molar-refractivity contribution in [3.63, 3.8) is 0 Å². The monoisotopic (exact) mass is 394 g/mol. The number of likely N-dealkylation sites (tertiary alicyclic amines) is 1. The molecule has 29 heavy (non-hydrogen) atoms. The molecule has 1 saturated heterocycles. The third-order valence-electron chi connectivity index (χ3n) is 5.08. The first-order valence-corrected chi connectivity index (χ1v) is 9.86. The van der Waals surface area contributed by atoms with Crippen molar-refractivity contribution in [3.8, 4) is 5.75 Å². The average molecular weight is 394 g/mol. The van der Waals surface area contributed by atoms with Crippen LogP contribution in [0.2, 0.25) is 0 Å². The van der Waals surface area contributed by atoms with Gasteiger partial charge in [0.2, 0.25) is 0 Å². The fourth-order valence-corrected chi connectivity index (χ4v) is 3.81. The highest BCUT2D eigenvalue weighted by molar-refractivity contribution is 6.45. The molecule has 0 spiro atoms. The molecule has 2 aliphatic rings. The molecule has 2 amide bonds. The number of benzene rings is 2. The summed E-state index contributed by atoms with van der Waals surface area (Å²) >= 11 is 0. The lowest BCUT2D eigenvalue weighted by molar-refractivity contribution is -0.120. The number of anilines is 1. The van der Waals surface area contributed by atoms with Gasteiger partial charge < -0.3 is 9.64 Å². The van der Waals surface area contributed by atoms with Gasteiger partial charge in [0.15, 0.2) is 0 Å². The Hall–Kier alpha value is -3.15. The Morgan fingerprint density at radius 3 is 2.10 bits per heavy atom. The van der Waals surface area contributed by atoms with Crippen molar-refractivity contribution < 1.29 is 18.7 Å². The van der Waals surface area contributed by atoms with E-state index in [1.165, 1.54) is 17.0 Å². The lowest BCUT2D eigenvalue weighted by atomic mass is 10.0. The maximum Gasteiger partial charge on any atom is 0.282 e. The van der Waals surface area contributed by atoms with Crippen LogP contribution in [0, 0.1) is 5.82 Å². The Balaban J connectivity index is 1.73. The molecule has 0 radical (unpaired) electrons. The van der Waals surface area contributed by atoms with Crippen LogP contribution in [0.3, 0.4) is 0 Å². The summed E-state index contributed by atoms with van der Waals surface area (Å²) in [5, 5.41) is 0. The molecule has 1 fully saturated rings. The van der Waals surface area contributed by atoms with Crippen molar-refractivity contribution in [3.05, 3.63) is 65.6 Å². The highest BCUT2D eigenvalue weighted by Crippen LogP contribution is 2.36. The second kappa shape index (κ2) is 7.70. The van der Waals surface area contributed by atoms with Gasteiger partial charge in [-0.2, -0.15) is 0 Å². The van der Waals surface area contributed by atoms with Crippen LogP contribution in [0.1, 0.15) is 32.3 Å². The molecule has 6 heteroatoms. The van der Waals surface area contributed by atoms with Gasteiger partial charge in [-0.3, -0.25) is 9.59 Å². The third-order valence-corrected chi connectivity index (χ3v) is 5.08. The quantitative estimate of drug-likeness (QED) is 0.720. The van der Waals surface area contributed by atoms with Gasteiger partial charge in [-0.15, -0.1) is 0 Å².